The molecule has 106 valence electrons. The zero-order valence-electron chi connectivity index (χ0n) is 12.5. The zero-order chi connectivity index (χ0) is 13.1. The van der Waals surface area contributed by atoms with Crippen LogP contribution in [0.15, 0.2) is 0 Å². The number of rotatable bonds is 5. The molecule has 0 aliphatic heterocycles. The second kappa shape index (κ2) is 6.38. The van der Waals surface area contributed by atoms with Crippen LogP contribution >= 0.6 is 0 Å². The minimum Gasteiger partial charge on any atom is -0.233 e. The third kappa shape index (κ3) is 3.48. The van der Waals surface area contributed by atoms with E-state index in [1.807, 2.05) is 0 Å². The van der Waals surface area contributed by atoms with Crippen molar-refractivity contribution in [3.8, 4) is 0 Å². The van der Waals surface area contributed by atoms with Gasteiger partial charge in [-0.3, -0.25) is 0 Å². The Morgan fingerprint density at radius 3 is 2.11 bits per heavy atom. The van der Waals surface area contributed by atoms with Gasteiger partial charge in [0.1, 0.15) is 0 Å². The van der Waals surface area contributed by atoms with E-state index < -0.39 is 0 Å². The second-order valence-corrected chi connectivity index (χ2v) is 7.02. The molecule has 2 fully saturated rings. The first-order chi connectivity index (χ1) is 8.58. The van der Waals surface area contributed by atoms with Gasteiger partial charge in [0.15, 0.2) is 0 Å². The first-order valence-corrected chi connectivity index (χ1v) is 7.90. The van der Waals surface area contributed by atoms with E-state index in [4.69, 9.17) is 9.78 Å². The summed E-state index contributed by atoms with van der Waals surface area (Å²) in [5, 5.41) is 0. The van der Waals surface area contributed by atoms with Crippen LogP contribution in [0, 0.1) is 23.7 Å². The molecular formula is C16H30O2. The third-order valence-corrected chi connectivity index (χ3v) is 5.00. The van der Waals surface area contributed by atoms with Crippen LogP contribution in [0.25, 0.3) is 0 Å². The fourth-order valence-corrected chi connectivity index (χ4v) is 3.39. The highest BCUT2D eigenvalue weighted by Gasteiger charge is 2.35. The smallest absolute Gasteiger partial charge is 0.0960 e. The lowest BCUT2D eigenvalue weighted by Gasteiger charge is -2.39. The third-order valence-electron chi connectivity index (χ3n) is 5.00. The van der Waals surface area contributed by atoms with E-state index in [2.05, 4.69) is 27.7 Å². The first-order valence-electron chi connectivity index (χ1n) is 7.90. The highest BCUT2D eigenvalue weighted by Crippen LogP contribution is 2.37. The van der Waals surface area contributed by atoms with Crippen LogP contribution in [0.5, 0.6) is 0 Å². The average Bonchev–Trinajstić information content (AvgIpc) is 2.26. The summed E-state index contributed by atoms with van der Waals surface area (Å²) in [6, 6.07) is 0. The molecule has 0 bridgehead atoms. The highest BCUT2D eigenvalue weighted by molar-refractivity contribution is 4.82. The molecule has 0 heterocycles. The van der Waals surface area contributed by atoms with Gasteiger partial charge in [0.2, 0.25) is 0 Å². The van der Waals surface area contributed by atoms with Gasteiger partial charge >= 0.3 is 0 Å². The van der Waals surface area contributed by atoms with Crippen molar-refractivity contribution in [1.29, 1.82) is 0 Å². The summed E-state index contributed by atoms with van der Waals surface area (Å²) in [6.07, 6.45) is 8.25. The quantitative estimate of drug-likeness (QED) is 0.528. The summed E-state index contributed by atoms with van der Waals surface area (Å²) in [7, 11) is 0. The van der Waals surface area contributed by atoms with Crippen molar-refractivity contribution < 1.29 is 9.78 Å². The molecule has 0 amide bonds. The number of hydrogen-bond donors (Lipinski definition) is 0. The van der Waals surface area contributed by atoms with E-state index in [-0.39, 0.29) is 0 Å². The van der Waals surface area contributed by atoms with Crippen LogP contribution in [0.1, 0.15) is 66.2 Å². The van der Waals surface area contributed by atoms with Crippen LogP contribution in [-0.2, 0) is 9.78 Å². The molecule has 0 spiro atoms. The predicted molar refractivity (Wildman–Crippen MR) is 74.1 cm³/mol. The molecule has 2 atom stereocenters. The Balaban J connectivity index is 1.69. The summed E-state index contributed by atoms with van der Waals surface area (Å²) < 4.78 is 0. The monoisotopic (exact) mass is 254 g/mol. The maximum Gasteiger partial charge on any atom is 0.0960 e. The SMILES string of the molecule is CC(C)C1CC(OOC2CCCCC2C(C)C)C1. The largest absolute Gasteiger partial charge is 0.233 e. The van der Waals surface area contributed by atoms with Gasteiger partial charge < -0.3 is 0 Å². The Bertz CT molecular complexity index is 243. The maximum atomic E-state index is 5.79. The number of hydrogen-bond acceptors (Lipinski definition) is 2. The van der Waals surface area contributed by atoms with Crippen molar-refractivity contribution in [1.82, 2.24) is 0 Å². The molecule has 2 nitrogen and oxygen atoms in total. The molecule has 0 aromatic rings. The summed E-state index contributed by atoms with van der Waals surface area (Å²) >= 11 is 0. The molecular weight excluding hydrogens is 224 g/mol. The minimum absolute atomic E-state index is 0.344. The van der Waals surface area contributed by atoms with Gasteiger partial charge in [0.05, 0.1) is 12.2 Å². The topological polar surface area (TPSA) is 18.5 Å². The van der Waals surface area contributed by atoms with E-state index in [1.165, 1.54) is 38.5 Å². The summed E-state index contributed by atoms with van der Waals surface area (Å²) in [5.41, 5.74) is 0. The molecule has 2 heteroatoms. The van der Waals surface area contributed by atoms with E-state index in [0.717, 1.165) is 11.8 Å². The fourth-order valence-electron chi connectivity index (χ4n) is 3.39. The van der Waals surface area contributed by atoms with E-state index in [1.54, 1.807) is 0 Å². The van der Waals surface area contributed by atoms with Gasteiger partial charge in [0, 0.05) is 0 Å². The van der Waals surface area contributed by atoms with Crippen molar-refractivity contribution in [2.24, 2.45) is 23.7 Å². The van der Waals surface area contributed by atoms with Gasteiger partial charge in [-0.15, -0.1) is 0 Å². The average molecular weight is 254 g/mol. The van der Waals surface area contributed by atoms with Crippen LogP contribution in [0.4, 0.5) is 0 Å². The molecule has 0 aromatic heterocycles. The molecule has 2 rings (SSSR count). The second-order valence-electron chi connectivity index (χ2n) is 7.02. The molecule has 0 N–H and O–H groups in total. The van der Waals surface area contributed by atoms with Crippen molar-refractivity contribution in [2.45, 2.75) is 78.4 Å². The maximum absolute atomic E-state index is 5.79. The molecule has 0 saturated heterocycles. The molecule has 2 unspecified atom stereocenters. The Hall–Kier alpha value is -0.0800. The van der Waals surface area contributed by atoms with Gasteiger partial charge in [-0.05, 0) is 49.4 Å². The van der Waals surface area contributed by atoms with Gasteiger partial charge in [-0.2, -0.15) is 0 Å². The van der Waals surface area contributed by atoms with Crippen molar-refractivity contribution in [2.75, 3.05) is 0 Å². The van der Waals surface area contributed by atoms with Crippen molar-refractivity contribution in [3.63, 3.8) is 0 Å². The lowest BCUT2D eigenvalue weighted by atomic mass is 9.75. The van der Waals surface area contributed by atoms with E-state index in [0.29, 0.717) is 24.0 Å². The van der Waals surface area contributed by atoms with Crippen LogP contribution in [0.2, 0.25) is 0 Å². The molecule has 2 aliphatic carbocycles. The Morgan fingerprint density at radius 1 is 0.833 bits per heavy atom. The van der Waals surface area contributed by atoms with Gasteiger partial charge in [-0.25, -0.2) is 9.78 Å². The Kier molecular flexibility index (Phi) is 5.08. The van der Waals surface area contributed by atoms with Crippen LogP contribution in [-0.4, -0.2) is 12.2 Å². The lowest BCUT2D eigenvalue weighted by Crippen LogP contribution is -2.38. The molecule has 2 aliphatic rings. The standard InChI is InChI=1S/C16H30O2/c1-11(2)13-9-14(10-13)17-18-16-8-6-5-7-15(16)12(3)4/h11-16H,5-10H2,1-4H3. The van der Waals surface area contributed by atoms with E-state index in [9.17, 15) is 0 Å². The molecule has 2 saturated carbocycles. The zero-order valence-corrected chi connectivity index (χ0v) is 12.5. The molecule has 0 radical (unpaired) electrons. The fraction of sp³-hybridized carbons (Fsp3) is 1.00. The van der Waals surface area contributed by atoms with E-state index >= 15 is 0 Å². The summed E-state index contributed by atoms with van der Waals surface area (Å²) in [4.78, 5) is 11.5. The Morgan fingerprint density at radius 2 is 1.50 bits per heavy atom. The minimum atomic E-state index is 0.344. The predicted octanol–water partition coefficient (Wildman–Crippen LogP) is 4.58. The van der Waals surface area contributed by atoms with Gasteiger partial charge in [-0.1, -0.05) is 40.5 Å². The first kappa shape index (κ1) is 14.3. The molecule has 0 aromatic carbocycles. The van der Waals surface area contributed by atoms with Gasteiger partial charge in [0.25, 0.3) is 0 Å². The summed E-state index contributed by atoms with van der Waals surface area (Å²) in [6.45, 7) is 9.23. The normalized spacial score (nSPS) is 37.0. The van der Waals surface area contributed by atoms with Crippen molar-refractivity contribution >= 4 is 0 Å². The lowest BCUT2D eigenvalue weighted by molar-refractivity contribution is -0.380. The summed E-state index contributed by atoms with van der Waals surface area (Å²) in [5.74, 6) is 3.05. The van der Waals surface area contributed by atoms with Crippen molar-refractivity contribution in [3.05, 3.63) is 0 Å². The van der Waals surface area contributed by atoms with Crippen LogP contribution < -0.4 is 0 Å². The van der Waals surface area contributed by atoms with Crippen LogP contribution in [0.3, 0.4) is 0 Å². The molecule has 18 heavy (non-hydrogen) atoms. The Labute approximate surface area is 112 Å². The highest BCUT2D eigenvalue weighted by atomic mass is 17.2.